The molecule has 1 N–H and O–H groups in total. The number of nitrogens with zero attached hydrogens (tertiary/aromatic N) is 5. The molecule has 1 saturated carbocycles. The van der Waals surface area contributed by atoms with Crippen molar-refractivity contribution >= 4 is 22.4 Å². The Morgan fingerprint density at radius 2 is 1.97 bits per heavy atom. The number of oxime groups is 1. The van der Waals surface area contributed by atoms with Gasteiger partial charge in [-0.3, -0.25) is 0 Å². The number of pyridine rings is 1. The first kappa shape index (κ1) is 19.8. The van der Waals surface area contributed by atoms with E-state index in [1.165, 1.54) is 12.8 Å². The van der Waals surface area contributed by atoms with Gasteiger partial charge in [-0.05, 0) is 59.3 Å². The van der Waals surface area contributed by atoms with Crippen molar-refractivity contribution in [3.8, 4) is 0 Å². The molecule has 2 aromatic rings. The third-order valence-corrected chi connectivity index (χ3v) is 7.24. The van der Waals surface area contributed by atoms with Crippen LogP contribution < -0.4 is 5.32 Å². The summed E-state index contributed by atoms with van der Waals surface area (Å²) >= 11 is 0. The van der Waals surface area contributed by atoms with Gasteiger partial charge in [0, 0.05) is 49.9 Å². The molecule has 7 heteroatoms. The number of aromatic nitrogens is 3. The highest BCUT2D eigenvalue weighted by Gasteiger charge is 2.42. The zero-order valence-electron chi connectivity index (χ0n) is 18.5. The van der Waals surface area contributed by atoms with Crippen LogP contribution in [0.25, 0.3) is 11.0 Å². The Labute approximate surface area is 178 Å². The molecule has 162 valence electrons. The van der Waals surface area contributed by atoms with E-state index in [2.05, 4.69) is 41.2 Å². The van der Waals surface area contributed by atoms with Gasteiger partial charge in [-0.25, -0.2) is 9.67 Å². The van der Waals surface area contributed by atoms with Gasteiger partial charge < -0.3 is 15.1 Å². The molecular weight excluding hydrogens is 376 g/mol. The first-order chi connectivity index (χ1) is 14.6. The Bertz CT molecular complexity index is 935. The van der Waals surface area contributed by atoms with Crippen molar-refractivity contribution in [2.75, 3.05) is 18.4 Å². The van der Waals surface area contributed by atoms with Gasteiger partial charge in [0.05, 0.1) is 23.0 Å². The van der Waals surface area contributed by atoms with Gasteiger partial charge in [0.2, 0.25) is 0 Å². The van der Waals surface area contributed by atoms with Crippen LogP contribution in [0.2, 0.25) is 0 Å². The van der Waals surface area contributed by atoms with Crippen molar-refractivity contribution in [3.63, 3.8) is 0 Å². The number of nitrogens with one attached hydrogen (secondary N) is 1. The number of aryl methyl sites for hydroxylation is 1. The highest BCUT2D eigenvalue weighted by molar-refractivity contribution is 6.10. The SMILES string of the molecule is CCn1ncc2c(NC3CCN(C(C)C)CC3)c(C3=NOC4(CCCC4)C3)cnc21. The first-order valence-corrected chi connectivity index (χ1v) is 11.7. The summed E-state index contributed by atoms with van der Waals surface area (Å²) in [5, 5.41) is 14.1. The van der Waals surface area contributed by atoms with Crippen molar-refractivity contribution in [1.29, 1.82) is 0 Å². The predicted molar refractivity (Wildman–Crippen MR) is 120 cm³/mol. The lowest BCUT2D eigenvalue weighted by molar-refractivity contribution is -0.0126. The standard InChI is InChI=1S/C23H34N6O/c1-4-29-22-19(15-25-29)21(26-17-7-11-28(12-8-17)16(2)3)18(14-24-22)20-13-23(30-27-20)9-5-6-10-23/h14-17H,4-13H2,1-3H3,(H,24,26). The molecule has 0 unspecified atom stereocenters. The van der Waals surface area contributed by atoms with Crippen molar-refractivity contribution in [3.05, 3.63) is 18.0 Å². The molecule has 0 amide bonds. The Kier molecular flexibility index (Phi) is 5.17. The van der Waals surface area contributed by atoms with E-state index in [0.717, 1.165) is 79.7 Å². The molecule has 3 aliphatic rings. The van der Waals surface area contributed by atoms with Gasteiger partial charge in [0.1, 0.15) is 5.60 Å². The van der Waals surface area contributed by atoms with Crippen LogP contribution in [0.4, 0.5) is 5.69 Å². The van der Waals surface area contributed by atoms with Crippen LogP contribution in [0.15, 0.2) is 17.5 Å². The van der Waals surface area contributed by atoms with Gasteiger partial charge in [0.15, 0.2) is 5.65 Å². The van der Waals surface area contributed by atoms with Gasteiger partial charge >= 0.3 is 0 Å². The molecule has 0 aromatic carbocycles. The highest BCUT2D eigenvalue weighted by Crippen LogP contribution is 2.42. The van der Waals surface area contributed by atoms with Crippen LogP contribution in [0, 0.1) is 0 Å². The van der Waals surface area contributed by atoms with Crippen molar-refractivity contribution in [2.24, 2.45) is 5.16 Å². The molecule has 1 saturated heterocycles. The second-order valence-corrected chi connectivity index (χ2v) is 9.49. The number of fused-ring (bicyclic) bond motifs is 1. The summed E-state index contributed by atoms with van der Waals surface area (Å²) in [6.45, 7) is 9.77. The van der Waals surface area contributed by atoms with Crippen molar-refractivity contribution in [1.82, 2.24) is 19.7 Å². The maximum atomic E-state index is 6.00. The summed E-state index contributed by atoms with van der Waals surface area (Å²) in [5.74, 6) is 0. The fourth-order valence-electron chi connectivity index (χ4n) is 5.35. The monoisotopic (exact) mass is 410 g/mol. The fourth-order valence-corrected chi connectivity index (χ4v) is 5.35. The largest absolute Gasteiger partial charge is 0.389 e. The molecule has 0 radical (unpaired) electrons. The molecule has 30 heavy (non-hydrogen) atoms. The molecular formula is C23H34N6O. The van der Waals surface area contributed by atoms with Gasteiger partial charge in [-0.15, -0.1) is 0 Å². The third-order valence-electron chi connectivity index (χ3n) is 7.24. The highest BCUT2D eigenvalue weighted by atomic mass is 16.7. The van der Waals surface area contributed by atoms with Crippen LogP contribution in [-0.4, -0.2) is 56.2 Å². The fraction of sp³-hybridized carbons (Fsp3) is 0.696. The lowest BCUT2D eigenvalue weighted by atomic mass is 9.92. The number of likely N-dealkylation sites (tertiary alicyclic amines) is 1. The third kappa shape index (κ3) is 3.47. The minimum Gasteiger partial charge on any atom is -0.389 e. The lowest BCUT2D eigenvalue weighted by Crippen LogP contribution is -2.42. The van der Waals surface area contributed by atoms with Gasteiger partial charge in [-0.2, -0.15) is 5.10 Å². The Morgan fingerprint density at radius 3 is 2.67 bits per heavy atom. The summed E-state index contributed by atoms with van der Waals surface area (Å²) in [6.07, 6.45) is 11.8. The smallest absolute Gasteiger partial charge is 0.159 e. The minimum atomic E-state index is -0.0717. The van der Waals surface area contributed by atoms with Crippen LogP contribution in [0.1, 0.15) is 71.3 Å². The Morgan fingerprint density at radius 1 is 1.20 bits per heavy atom. The maximum Gasteiger partial charge on any atom is 0.159 e. The Balaban J connectivity index is 1.45. The molecule has 0 atom stereocenters. The van der Waals surface area contributed by atoms with Crippen LogP contribution in [-0.2, 0) is 11.4 Å². The summed E-state index contributed by atoms with van der Waals surface area (Å²) < 4.78 is 1.97. The summed E-state index contributed by atoms with van der Waals surface area (Å²) in [4.78, 5) is 13.3. The van der Waals surface area contributed by atoms with E-state index in [1.807, 2.05) is 17.1 Å². The van der Waals surface area contributed by atoms with E-state index < -0.39 is 0 Å². The maximum absolute atomic E-state index is 6.00. The molecule has 7 nitrogen and oxygen atoms in total. The zero-order valence-corrected chi connectivity index (χ0v) is 18.5. The van der Waals surface area contributed by atoms with Gasteiger partial charge in [-0.1, -0.05) is 5.16 Å². The molecule has 2 aromatic heterocycles. The number of hydrogen-bond acceptors (Lipinski definition) is 6. The van der Waals surface area contributed by atoms with E-state index in [1.54, 1.807) is 0 Å². The van der Waals surface area contributed by atoms with E-state index >= 15 is 0 Å². The van der Waals surface area contributed by atoms with Gasteiger partial charge in [0.25, 0.3) is 0 Å². The molecule has 5 rings (SSSR count). The Hall–Kier alpha value is -2.15. The molecule has 1 aliphatic carbocycles. The number of piperidine rings is 1. The first-order valence-electron chi connectivity index (χ1n) is 11.7. The quantitative estimate of drug-likeness (QED) is 0.801. The van der Waals surface area contributed by atoms with Crippen LogP contribution >= 0.6 is 0 Å². The summed E-state index contributed by atoms with van der Waals surface area (Å²) in [7, 11) is 0. The molecule has 2 fully saturated rings. The molecule has 4 heterocycles. The minimum absolute atomic E-state index is 0.0717. The predicted octanol–water partition coefficient (Wildman–Crippen LogP) is 4.17. The average molecular weight is 411 g/mol. The molecule has 0 bridgehead atoms. The summed E-state index contributed by atoms with van der Waals surface area (Å²) in [6, 6.07) is 1.07. The van der Waals surface area contributed by atoms with E-state index in [-0.39, 0.29) is 5.60 Å². The van der Waals surface area contributed by atoms with Crippen LogP contribution in [0.3, 0.4) is 0 Å². The van der Waals surface area contributed by atoms with E-state index in [9.17, 15) is 0 Å². The second kappa shape index (κ2) is 7.84. The second-order valence-electron chi connectivity index (χ2n) is 9.49. The van der Waals surface area contributed by atoms with Crippen molar-refractivity contribution in [2.45, 2.75) is 89.9 Å². The topological polar surface area (TPSA) is 67.6 Å². The van der Waals surface area contributed by atoms with E-state index in [0.29, 0.717) is 12.1 Å². The normalized spacial score (nSPS) is 22.2. The average Bonchev–Trinajstić information content (AvgIpc) is 3.49. The number of rotatable bonds is 5. The molecule has 2 aliphatic heterocycles. The molecule has 1 spiro atoms. The number of hydrogen-bond donors (Lipinski definition) is 1. The zero-order chi connectivity index (χ0) is 20.7. The summed E-state index contributed by atoms with van der Waals surface area (Å²) in [5.41, 5.74) is 4.14. The van der Waals surface area contributed by atoms with Crippen molar-refractivity contribution < 1.29 is 4.84 Å². The van der Waals surface area contributed by atoms with Crippen LogP contribution in [0.5, 0.6) is 0 Å². The number of anilines is 1. The van der Waals surface area contributed by atoms with E-state index in [4.69, 9.17) is 9.82 Å². The lowest BCUT2D eigenvalue weighted by Gasteiger charge is -2.35.